The van der Waals surface area contributed by atoms with Crippen molar-refractivity contribution in [3.05, 3.63) is 47.8 Å². The summed E-state index contributed by atoms with van der Waals surface area (Å²) in [6.45, 7) is 3.96. The van der Waals surface area contributed by atoms with Crippen LogP contribution in [0.3, 0.4) is 0 Å². The number of fused-ring (bicyclic) bond motifs is 1. The highest BCUT2D eigenvalue weighted by molar-refractivity contribution is 8.00. The molecular formula is C24H26N4O4S2. The van der Waals surface area contributed by atoms with Crippen molar-refractivity contribution in [3.8, 4) is 11.3 Å². The highest BCUT2D eigenvalue weighted by Gasteiger charge is 2.24. The van der Waals surface area contributed by atoms with E-state index in [0.717, 1.165) is 16.6 Å². The Bertz CT molecular complexity index is 1170. The molecule has 1 saturated heterocycles. The van der Waals surface area contributed by atoms with Crippen LogP contribution in [0.2, 0.25) is 0 Å². The van der Waals surface area contributed by atoms with Crippen molar-refractivity contribution < 1.29 is 19.1 Å². The summed E-state index contributed by atoms with van der Waals surface area (Å²) in [6.07, 6.45) is -0.341. The van der Waals surface area contributed by atoms with Crippen LogP contribution < -0.4 is 5.32 Å². The van der Waals surface area contributed by atoms with Crippen LogP contribution in [0.15, 0.2) is 47.8 Å². The van der Waals surface area contributed by atoms with Crippen LogP contribution in [0.1, 0.15) is 6.92 Å². The second-order valence-corrected chi connectivity index (χ2v) is 9.55. The number of thiazole rings is 1. The molecule has 0 radical (unpaired) electrons. The molecule has 3 aromatic rings. The minimum atomic E-state index is -0.341. The van der Waals surface area contributed by atoms with E-state index in [-0.39, 0.29) is 29.4 Å². The van der Waals surface area contributed by atoms with E-state index >= 15 is 0 Å². The zero-order valence-electron chi connectivity index (χ0n) is 18.9. The summed E-state index contributed by atoms with van der Waals surface area (Å²) in [5.41, 5.74) is 1.81. The van der Waals surface area contributed by atoms with E-state index in [4.69, 9.17) is 4.74 Å². The molecule has 1 N–H and O–H groups in total. The molecule has 178 valence electrons. The fourth-order valence-electron chi connectivity index (χ4n) is 3.64. The fraction of sp³-hybridized carbons (Fsp3) is 0.333. The van der Waals surface area contributed by atoms with Crippen LogP contribution in [0.4, 0.5) is 9.93 Å². The van der Waals surface area contributed by atoms with Crippen molar-refractivity contribution in [2.24, 2.45) is 0 Å². The lowest BCUT2D eigenvalue weighted by Crippen LogP contribution is -2.51. The Balaban J connectivity index is 1.21. The van der Waals surface area contributed by atoms with Crippen molar-refractivity contribution in [2.45, 2.75) is 6.92 Å². The van der Waals surface area contributed by atoms with Gasteiger partial charge in [0.2, 0.25) is 11.8 Å². The highest BCUT2D eigenvalue weighted by atomic mass is 32.2. The molecule has 0 saturated carbocycles. The standard InChI is InChI=1S/C24H26N4O4S2/c1-2-32-24(31)28-11-9-27(10-12-28)22(30)16-33-15-21(29)26-23-25-20(14-34-23)19-8-7-17-5-3-4-6-18(17)13-19/h3-8,13-14H,2,9-12,15-16H2,1H3,(H,25,26,29). The molecule has 34 heavy (non-hydrogen) atoms. The van der Waals surface area contributed by atoms with Crippen molar-refractivity contribution >= 4 is 56.9 Å². The van der Waals surface area contributed by atoms with Gasteiger partial charge in [0.1, 0.15) is 0 Å². The van der Waals surface area contributed by atoms with Crippen LogP contribution in [-0.2, 0) is 14.3 Å². The van der Waals surface area contributed by atoms with E-state index in [1.54, 1.807) is 16.7 Å². The van der Waals surface area contributed by atoms with E-state index in [1.165, 1.54) is 28.5 Å². The first-order chi connectivity index (χ1) is 16.5. The zero-order chi connectivity index (χ0) is 23.9. The Morgan fingerprint density at radius 1 is 1.03 bits per heavy atom. The first-order valence-corrected chi connectivity index (χ1v) is 13.1. The second-order valence-electron chi connectivity index (χ2n) is 7.71. The average Bonchev–Trinajstić information content (AvgIpc) is 3.32. The molecule has 0 aliphatic carbocycles. The SMILES string of the molecule is CCOC(=O)N1CCN(C(=O)CSCC(=O)Nc2nc(-c3ccc4ccccc4c3)cs2)CC1. The summed E-state index contributed by atoms with van der Waals surface area (Å²) in [5, 5.41) is 7.59. The lowest BCUT2D eigenvalue weighted by Gasteiger charge is -2.34. The Kier molecular flexibility index (Phi) is 8.02. The Labute approximate surface area is 206 Å². The molecule has 0 spiro atoms. The van der Waals surface area contributed by atoms with Gasteiger partial charge in [0.05, 0.1) is 23.8 Å². The predicted molar refractivity (Wildman–Crippen MR) is 136 cm³/mol. The first kappa shape index (κ1) is 24.0. The normalized spacial score (nSPS) is 13.7. The van der Waals surface area contributed by atoms with Gasteiger partial charge in [-0.15, -0.1) is 23.1 Å². The lowest BCUT2D eigenvalue weighted by molar-refractivity contribution is -0.129. The topological polar surface area (TPSA) is 91.8 Å². The lowest BCUT2D eigenvalue weighted by atomic mass is 10.1. The number of nitrogens with zero attached hydrogens (tertiary/aromatic N) is 3. The van der Waals surface area contributed by atoms with Gasteiger partial charge in [-0.25, -0.2) is 9.78 Å². The number of hydrogen-bond donors (Lipinski definition) is 1. The number of carbonyl (C=O) groups excluding carboxylic acids is 3. The Morgan fingerprint density at radius 2 is 1.76 bits per heavy atom. The van der Waals surface area contributed by atoms with Gasteiger partial charge in [-0.1, -0.05) is 36.4 Å². The molecule has 0 bridgehead atoms. The molecule has 0 unspecified atom stereocenters. The molecular weight excluding hydrogens is 472 g/mol. The van der Waals surface area contributed by atoms with E-state index in [9.17, 15) is 14.4 Å². The molecule has 1 aliphatic heterocycles. The molecule has 1 fully saturated rings. The van der Waals surface area contributed by atoms with Crippen molar-refractivity contribution in [1.82, 2.24) is 14.8 Å². The maximum absolute atomic E-state index is 12.4. The largest absolute Gasteiger partial charge is 0.450 e. The molecule has 2 heterocycles. The summed E-state index contributed by atoms with van der Waals surface area (Å²) in [7, 11) is 0. The number of carbonyl (C=O) groups is 3. The van der Waals surface area contributed by atoms with Gasteiger partial charge in [0, 0.05) is 37.1 Å². The third-order valence-corrected chi connectivity index (χ3v) is 7.09. The Hall–Kier alpha value is -3.11. The minimum Gasteiger partial charge on any atom is -0.450 e. The first-order valence-electron chi connectivity index (χ1n) is 11.0. The van der Waals surface area contributed by atoms with Gasteiger partial charge in [-0.05, 0) is 23.8 Å². The molecule has 8 nitrogen and oxygen atoms in total. The third-order valence-electron chi connectivity index (χ3n) is 5.41. The van der Waals surface area contributed by atoms with Gasteiger partial charge in [-0.2, -0.15) is 0 Å². The molecule has 3 amide bonds. The maximum Gasteiger partial charge on any atom is 0.409 e. The average molecular weight is 499 g/mol. The molecule has 4 rings (SSSR count). The summed E-state index contributed by atoms with van der Waals surface area (Å²) < 4.78 is 4.99. The van der Waals surface area contributed by atoms with E-state index in [0.29, 0.717) is 37.9 Å². The number of aromatic nitrogens is 1. The molecule has 2 aromatic carbocycles. The van der Waals surface area contributed by atoms with E-state index < -0.39 is 0 Å². The minimum absolute atomic E-state index is 0.0332. The summed E-state index contributed by atoms with van der Waals surface area (Å²) in [5.74, 6) is 0.158. The van der Waals surface area contributed by atoms with Crippen molar-refractivity contribution in [2.75, 3.05) is 49.6 Å². The van der Waals surface area contributed by atoms with Crippen molar-refractivity contribution in [3.63, 3.8) is 0 Å². The summed E-state index contributed by atoms with van der Waals surface area (Å²) >= 11 is 2.65. The number of amides is 3. The third kappa shape index (κ3) is 6.06. The van der Waals surface area contributed by atoms with Gasteiger partial charge >= 0.3 is 6.09 Å². The number of nitrogens with one attached hydrogen (secondary N) is 1. The van der Waals surface area contributed by atoms with Gasteiger partial charge in [0.15, 0.2) is 5.13 Å². The number of hydrogen-bond acceptors (Lipinski definition) is 7. The van der Waals surface area contributed by atoms with Crippen molar-refractivity contribution in [1.29, 1.82) is 0 Å². The van der Waals surface area contributed by atoms with Crippen LogP contribution in [0, 0.1) is 0 Å². The molecule has 1 aromatic heterocycles. The number of thioether (sulfide) groups is 1. The van der Waals surface area contributed by atoms with Crippen LogP contribution >= 0.6 is 23.1 Å². The zero-order valence-corrected chi connectivity index (χ0v) is 20.5. The Morgan fingerprint density at radius 3 is 2.53 bits per heavy atom. The number of anilines is 1. The fourth-order valence-corrected chi connectivity index (χ4v) is 5.10. The van der Waals surface area contributed by atoms with Crippen LogP contribution in [0.5, 0.6) is 0 Å². The number of ether oxygens (including phenoxy) is 1. The van der Waals surface area contributed by atoms with Crippen LogP contribution in [0.25, 0.3) is 22.0 Å². The van der Waals surface area contributed by atoms with Gasteiger partial charge in [0.25, 0.3) is 0 Å². The quantitative estimate of drug-likeness (QED) is 0.531. The molecule has 1 aliphatic rings. The predicted octanol–water partition coefficient (Wildman–Crippen LogP) is 3.94. The van der Waals surface area contributed by atoms with Gasteiger partial charge < -0.3 is 19.9 Å². The number of benzene rings is 2. The maximum atomic E-state index is 12.4. The van der Waals surface area contributed by atoms with Crippen LogP contribution in [-0.4, -0.2) is 77.0 Å². The van der Waals surface area contributed by atoms with E-state index in [2.05, 4.69) is 34.6 Å². The second kappa shape index (κ2) is 11.3. The summed E-state index contributed by atoms with van der Waals surface area (Å²) in [4.78, 5) is 44.4. The molecule has 0 atom stereocenters. The van der Waals surface area contributed by atoms with Gasteiger partial charge in [-0.3, -0.25) is 9.59 Å². The molecule has 10 heteroatoms. The summed E-state index contributed by atoms with van der Waals surface area (Å²) in [6, 6.07) is 14.3. The monoisotopic (exact) mass is 498 g/mol. The highest BCUT2D eigenvalue weighted by Crippen LogP contribution is 2.27. The smallest absolute Gasteiger partial charge is 0.409 e. The number of rotatable bonds is 7. The number of piperazine rings is 1. The van der Waals surface area contributed by atoms with E-state index in [1.807, 2.05) is 23.6 Å².